The number of alkyl halides is 4. The van der Waals surface area contributed by atoms with Gasteiger partial charge in [-0.15, -0.1) is 0 Å². The number of fused-ring (bicyclic) bond motifs is 1. The molecule has 1 saturated carbocycles. The number of hydrogen-bond acceptors (Lipinski definition) is 3. The van der Waals surface area contributed by atoms with Gasteiger partial charge in [0.1, 0.15) is 6.17 Å². The highest BCUT2D eigenvalue weighted by Gasteiger charge is 2.58. The Labute approximate surface area is 155 Å². The first-order chi connectivity index (χ1) is 12.7. The average Bonchev–Trinajstić information content (AvgIpc) is 3.29. The lowest BCUT2D eigenvalue weighted by Gasteiger charge is -2.46. The molecule has 1 aliphatic carbocycles. The largest absolute Gasteiger partial charge is 0.416 e. The monoisotopic (exact) mass is 385 g/mol. The van der Waals surface area contributed by atoms with Crippen molar-refractivity contribution in [3.05, 3.63) is 35.4 Å². The van der Waals surface area contributed by atoms with Crippen LogP contribution in [0, 0.1) is 11.8 Å². The lowest BCUT2D eigenvalue weighted by molar-refractivity contribution is -0.138. The molecule has 148 valence electrons. The molecular formula is C19H23F4N3O. The van der Waals surface area contributed by atoms with Crippen molar-refractivity contribution in [3.63, 3.8) is 0 Å². The third-order valence-corrected chi connectivity index (χ3v) is 6.63. The van der Waals surface area contributed by atoms with E-state index in [0.717, 1.165) is 19.0 Å². The van der Waals surface area contributed by atoms with E-state index in [1.807, 2.05) is 0 Å². The minimum absolute atomic E-state index is 0.000853. The van der Waals surface area contributed by atoms with Gasteiger partial charge in [-0.2, -0.15) is 13.2 Å². The fourth-order valence-electron chi connectivity index (χ4n) is 5.53. The topological polar surface area (TPSA) is 58.4 Å². The summed E-state index contributed by atoms with van der Waals surface area (Å²) >= 11 is 0. The van der Waals surface area contributed by atoms with E-state index in [1.165, 1.54) is 12.1 Å². The molecule has 0 unspecified atom stereocenters. The van der Waals surface area contributed by atoms with Crippen molar-refractivity contribution in [1.29, 1.82) is 0 Å². The van der Waals surface area contributed by atoms with Crippen molar-refractivity contribution < 1.29 is 22.4 Å². The Balaban J connectivity index is 1.85. The highest BCUT2D eigenvalue weighted by atomic mass is 19.4. The van der Waals surface area contributed by atoms with Crippen LogP contribution in [0.25, 0.3) is 0 Å². The Morgan fingerprint density at radius 1 is 1.30 bits per heavy atom. The van der Waals surface area contributed by atoms with Crippen LogP contribution in [-0.2, 0) is 16.5 Å². The molecule has 0 radical (unpaired) electrons. The first-order valence-corrected chi connectivity index (χ1v) is 9.32. The Morgan fingerprint density at radius 2 is 2.07 bits per heavy atom. The standard InChI is InChI=1S/C19H23F4N3O/c20-14-7-16(17(24)27)26(10-14)18(5-4-11-8-25-9-15(11)18)12-2-1-3-13(6-12)19(21,22)23/h1-3,6,11,14-16,25H,4-5,7-10H2,(H2,24,27)/t11-,14-,15+,16+,18-/m1/s1. The summed E-state index contributed by atoms with van der Waals surface area (Å²) in [6, 6.07) is 4.50. The smallest absolute Gasteiger partial charge is 0.368 e. The number of primary amides is 1. The molecular weight excluding hydrogens is 362 g/mol. The van der Waals surface area contributed by atoms with Gasteiger partial charge in [0, 0.05) is 19.5 Å². The van der Waals surface area contributed by atoms with Gasteiger partial charge in [-0.3, -0.25) is 9.69 Å². The van der Waals surface area contributed by atoms with E-state index in [-0.39, 0.29) is 18.9 Å². The molecule has 0 spiro atoms. The predicted molar refractivity (Wildman–Crippen MR) is 91.4 cm³/mol. The van der Waals surface area contributed by atoms with E-state index in [0.29, 0.717) is 24.4 Å². The lowest BCUT2D eigenvalue weighted by Crippen LogP contribution is -2.55. The van der Waals surface area contributed by atoms with Gasteiger partial charge >= 0.3 is 6.18 Å². The van der Waals surface area contributed by atoms with Gasteiger partial charge in [0.2, 0.25) is 5.91 Å². The number of halogens is 4. The zero-order chi connectivity index (χ0) is 19.4. The van der Waals surface area contributed by atoms with Crippen molar-refractivity contribution in [2.45, 2.75) is 43.2 Å². The van der Waals surface area contributed by atoms with Crippen LogP contribution in [0.1, 0.15) is 30.4 Å². The highest BCUT2D eigenvalue weighted by molar-refractivity contribution is 5.80. The van der Waals surface area contributed by atoms with Gasteiger partial charge in [-0.05, 0) is 48.9 Å². The number of nitrogens with two attached hydrogens (primary N) is 1. The number of nitrogens with zero attached hydrogens (tertiary/aromatic N) is 1. The van der Waals surface area contributed by atoms with E-state index in [4.69, 9.17) is 5.73 Å². The third kappa shape index (κ3) is 2.93. The summed E-state index contributed by atoms with van der Waals surface area (Å²) in [6.07, 6.45) is -4.24. The molecule has 27 heavy (non-hydrogen) atoms. The van der Waals surface area contributed by atoms with Crippen molar-refractivity contribution in [2.75, 3.05) is 19.6 Å². The quantitative estimate of drug-likeness (QED) is 0.786. The van der Waals surface area contributed by atoms with Crippen molar-refractivity contribution >= 4 is 5.91 Å². The molecule has 1 aromatic rings. The number of nitrogens with one attached hydrogen (secondary N) is 1. The summed E-state index contributed by atoms with van der Waals surface area (Å²) in [5.41, 5.74) is 4.53. The van der Waals surface area contributed by atoms with E-state index in [9.17, 15) is 22.4 Å². The predicted octanol–water partition coefficient (Wildman–Crippen LogP) is 2.43. The van der Waals surface area contributed by atoms with Crippen molar-refractivity contribution in [3.8, 4) is 0 Å². The Bertz CT molecular complexity index is 740. The lowest BCUT2D eigenvalue weighted by atomic mass is 9.76. The molecule has 2 aliphatic heterocycles. The molecule has 1 aromatic carbocycles. The zero-order valence-electron chi connectivity index (χ0n) is 14.8. The summed E-state index contributed by atoms with van der Waals surface area (Å²) in [4.78, 5) is 13.8. The Kier molecular flexibility index (Phi) is 4.46. The molecule has 3 fully saturated rings. The number of carbonyl (C=O) groups excluding carboxylic acids is 1. The zero-order valence-corrected chi connectivity index (χ0v) is 14.8. The van der Waals surface area contributed by atoms with E-state index in [2.05, 4.69) is 5.32 Å². The maximum atomic E-state index is 14.3. The molecule has 0 aromatic heterocycles. The molecule has 4 rings (SSSR count). The molecule has 0 bridgehead atoms. The molecule has 2 saturated heterocycles. The fraction of sp³-hybridized carbons (Fsp3) is 0.632. The summed E-state index contributed by atoms with van der Waals surface area (Å²) in [7, 11) is 0. The van der Waals surface area contributed by atoms with Gasteiger partial charge in [0.25, 0.3) is 0 Å². The SMILES string of the molecule is NC(=O)[C@@H]1C[C@@H](F)CN1[C@@]1(c2cccc(C(F)(F)F)c2)CC[C@@H]2CNC[C@@H]21. The third-order valence-electron chi connectivity index (χ3n) is 6.63. The van der Waals surface area contributed by atoms with E-state index in [1.54, 1.807) is 11.0 Å². The van der Waals surface area contributed by atoms with Gasteiger partial charge in [0.05, 0.1) is 17.1 Å². The van der Waals surface area contributed by atoms with E-state index < -0.39 is 35.4 Å². The van der Waals surface area contributed by atoms with Crippen LogP contribution < -0.4 is 11.1 Å². The molecule has 2 heterocycles. The van der Waals surface area contributed by atoms with Crippen molar-refractivity contribution in [2.24, 2.45) is 17.6 Å². The summed E-state index contributed by atoms with van der Waals surface area (Å²) in [5, 5.41) is 3.31. The highest BCUT2D eigenvalue weighted by Crippen LogP contribution is 2.55. The maximum absolute atomic E-state index is 14.3. The van der Waals surface area contributed by atoms with Crippen molar-refractivity contribution in [1.82, 2.24) is 10.2 Å². The van der Waals surface area contributed by atoms with Crippen LogP contribution in [-0.4, -0.2) is 42.7 Å². The Morgan fingerprint density at radius 3 is 2.78 bits per heavy atom. The number of benzene rings is 1. The van der Waals surface area contributed by atoms with Crippen LogP contribution >= 0.6 is 0 Å². The second-order valence-corrected chi connectivity index (χ2v) is 7.97. The van der Waals surface area contributed by atoms with Gasteiger partial charge in [-0.1, -0.05) is 12.1 Å². The van der Waals surface area contributed by atoms with Gasteiger partial charge in [-0.25, -0.2) is 4.39 Å². The number of hydrogen-bond donors (Lipinski definition) is 2. The van der Waals surface area contributed by atoms with Crippen LogP contribution in [0.3, 0.4) is 0 Å². The molecule has 5 atom stereocenters. The van der Waals surface area contributed by atoms with Crippen LogP contribution in [0.4, 0.5) is 17.6 Å². The molecule has 4 nitrogen and oxygen atoms in total. The number of rotatable bonds is 3. The minimum atomic E-state index is -4.46. The second-order valence-electron chi connectivity index (χ2n) is 7.97. The summed E-state index contributed by atoms with van der Waals surface area (Å²) in [6.45, 7) is 1.45. The summed E-state index contributed by atoms with van der Waals surface area (Å²) in [5.74, 6) is -0.296. The Hall–Kier alpha value is -1.67. The number of amides is 1. The number of likely N-dealkylation sites (tertiary alicyclic amines) is 1. The van der Waals surface area contributed by atoms with Crippen LogP contribution in [0.2, 0.25) is 0 Å². The molecule has 3 aliphatic rings. The fourth-order valence-corrected chi connectivity index (χ4v) is 5.53. The minimum Gasteiger partial charge on any atom is -0.368 e. The molecule has 8 heteroatoms. The maximum Gasteiger partial charge on any atom is 0.416 e. The normalized spacial score (nSPS) is 36.9. The van der Waals surface area contributed by atoms with E-state index >= 15 is 0 Å². The first-order valence-electron chi connectivity index (χ1n) is 9.32. The number of carbonyl (C=O) groups is 1. The van der Waals surface area contributed by atoms with Crippen LogP contribution in [0.5, 0.6) is 0 Å². The summed E-state index contributed by atoms with van der Waals surface area (Å²) < 4.78 is 54.3. The van der Waals surface area contributed by atoms with Crippen LogP contribution in [0.15, 0.2) is 24.3 Å². The molecule has 3 N–H and O–H groups in total. The first kappa shape index (κ1) is 18.7. The van der Waals surface area contributed by atoms with Gasteiger partial charge in [0.15, 0.2) is 0 Å². The molecule has 1 amide bonds. The average molecular weight is 385 g/mol. The second kappa shape index (κ2) is 6.44. The van der Waals surface area contributed by atoms with Gasteiger partial charge < -0.3 is 11.1 Å².